The maximum atomic E-state index is 12.6. The zero-order valence-corrected chi connectivity index (χ0v) is 18.1. The highest BCUT2D eigenvalue weighted by Gasteiger charge is 2.61. The number of ether oxygens (including phenoxy) is 1. The Morgan fingerprint density at radius 3 is 2.38 bits per heavy atom. The number of aromatic hydroxyl groups is 2. The van der Waals surface area contributed by atoms with Crippen LogP contribution in [0.25, 0.3) is 0 Å². The summed E-state index contributed by atoms with van der Waals surface area (Å²) in [6, 6.07) is 2.77. The Balaban J connectivity index is 1.31. The average molecular weight is 465 g/mol. The highest BCUT2D eigenvalue weighted by molar-refractivity contribution is 8.01. The Kier molecular flexibility index (Phi) is 5.57. The van der Waals surface area contributed by atoms with Crippen LogP contribution < -0.4 is 0 Å². The SMILES string of the molecule is C[C@@]1(COC(=O)N2CCN(C(=O)c3ccc(O)c(O)c3)CC2)S[C@@H]2CC(=O)N2[C@H]1C(=O)O. The second kappa shape index (κ2) is 8.08. The monoisotopic (exact) mass is 465 g/mol. The van der Waals surface area contributed by atoms with E-state index in [1.807, 2.05) is 0 Å². The Morgan fingerprint density at radius 2 is 1.78 bits per heavy atom. The number of carboxylic acid groups (broad SMARTS) is 1. The summed E-state index contributed by atoms with van der Waals surface area (Å²) in [6.07, 6.45) is -0.321. The molecule has 4 rings (SSSR count). The van der Waals surface area contributed by atoms with Gasteiger partial charge in [-0.3, -0.25) is 9.59 Å². The van der Waals surface area contributed by atoms with Gasteiger partial charge in [0, 0.05) is 31.7 Å². The van der Waals surface area contributed by atoms with Gasteiger partial charge < -0.3 is 34.8 Å². The summed E-state index contributed by atoms with van der Waals surface area (Å²) in [5, 5.41) is 28.3. The molecule has 11 nitrogen and oxygen atoms in total. The third-order valence-electron chi connectivity index (χ3n) is 5.97. The van der Waals surface area contributed by atoms with Crippen LogP contribution in [-0.2, 0) is 14.3 Å². The van der Waals surface area contributed by atoms with Crippen LogP contribution in [0.5, 0.6) is 11.5 Å². The number of β-lactam (4-membered cyclic amide) rings is 1. The minimum absolute atomic E-state index is 0.153. The van der Waals surface area contributed by atoms with E-state index in [9.17, 15) is 34.5 Å². The summed E-state index contributed by atoms with van der Waals surface area (Å²) >= 11 is 1.33. The zero-order chi connectivity index (χ0) is 23.2. The molecule has 3 amide bonds. The van der Waals surface area contributed by atoms with E-state index in [0.717, 1.165) is 0 Å². The third-order valence-corrected chi connectivity index (χ3v) is 7.52. The van der Waals surface area contributed by atoms with Gasteiger partial charge in [-0.25, -0.2) is 9.59 Å². The van der Waals surface area contributed by atoms with E-state index in [-0.39, 0.29) is 73.5 Å². The highest BCUT2D eigenvalue weighted by atomic mass is 32.2. The zero-order valence-electron chi connectivity index (χ0n) is 17.3. The first-order chi connectivity index (χ1) is 15.1. The fourth-order valence-corrected chi connectivity index (χ4v) is 5.87. The van der Waals surface area contributed by atoms with E-state index >= 15 is 0 Å². The standard InChI is InChI=1S/C20H23N3O8S/c1-20(16(18(28)29)23-14(26)9-15(23)32-20)10-31-19(30)22-6-4-21(5-7-22)17(27)11-2-3-12(24)13(25)8-11/h2-3,8,15-16,24-25H,4-7,9-10H2,1H3,(H,28,29)/t15-,16+,20+/m1/s1. The largest absolute Gasteiger partial charge is 0.504 e. The number of carbonyl (C=O) groups excluding carboxylic acids is 3. The molecule has 0 aliphatic carbocycles. The molecule has 0 bridgehead atoms. The van der Waals surface area contributed by atoms with Crippen molar-refractivity contribution >= 4 is 35.6 Å². The Morgan fingerprint density at radius 1 is 1.12 bits per heavy atom. The number of hydrogen-bond donors (Lipinski definition) is 3. The topological polar surface area (TPSA) is 148 Å². The maximum Gasteiger partial charge on any atom is 0.409 e. The lowest BCUT2D eigenvalue weighted by Gasteiger charge is -2.37. The average Bonchev–Trinajstić information content (AvgIpc) is 3.01. The molecule has 0 spiro atoms. The van der Waals surface area contributed by atoms with Crippen LogP contribution >= 0.6 is 11.8 Å². The van der Waals surface area contributed by atoms with E-state index in [1.165, 1.54) is 44.7 Å². The third kappa shape index (κ3) is 3.78. The maximum absolute atomic E-state index is 12.6. The van der Waals surface area contributed by atoms with E-state index < -0.39 is 22.9 Å². The minimum atomic E-state index is -1.13. The fraction of sp³-hybridized carbons (Fsp3) is 0.500. The molecule has 3 aliphatic rings. The summed E-state index contributed by atoms with van der Waals surface area (Å²) in [5.41, 5.74) is 0.224. The molecule has 3 N–H and O–H groups in total. The van der Waals surface area contributed by atoms with Crippen LogP contribution in [0.3, 0.4) is 0 Å². The van der Waals surface area contributed by atoms with Gasteiger partial charge in [0.15, 0.2) is 11.5 Å². The smallest absolute Gasteiger partial charge is 0.409 e. The molecule has 1 aromatic carbocycles. The number of phenols is 2. The van der Waals surface area contributed by atoms with Gasteiger partial charge in [0.1, 0.15) is 12.6 Å². The molecule has 3 heterocycles. The predicted octanol–water partition coefficient (Wildman–Crippen LogP) is 0.509. The molecule has 32 heavy (non-hydrogen) atoms. The van der Waals surface area contributed by atoms with Gasteiger partial charge in [0.25, 0.3) is 5.91 Å². The van der Waals surface area contributed by atoms with Crippen molar-refractivity contribution < 1.29 is 39.2 Å². The first-order valence-electron chi connectivity index (χ1n) is 10.1. The Hall–Kier alpha value is -3.15. The predicted molar refractivity (Wildman–Crippen MR) is 111 cm³/mol. The summed E-state index contributed by atoms with van der Waals surface area (Å²) in [7, 11) is 0. The van der Waals surface area contributed by atoms with Crippen molar-refractivity contribution in [3.05, 3.63) is 23.8 Å². The number of phenolic OH excluding ortho intramolecular Hbond substituents is 2. The summed E-state index contributed by atoms with van der Waals surface area (Å²) in [6.45, 7) is 2.49. The Bertz CT molecular complexity index is 980. The number of fused-ring (bicyclic) bond motifs is 1. The van der Waals surface area contributed by atoms with E-state index in [4.69, 9.17) is 4.74 Å². The number of rotatable bonds is 4. The number of piperazine rings is 1. The van der Waals surface area contributed by atoms with E-state index in [1.54, 1.807) is 6.92 Å². The van der Waals surface area contributed by atoms with Gasteiger partial charge in [-0.15, -0.1) is 11.8 Å². The lowest BCUT2D eigenvalue weighted by molar-refractivity contribution is -0.158. The first kappa shape index (κ1) is 22.1. The lowest BCUT2D eigenvalue weighted by atomic mass is 9.97. The van der Waals surface area contributed by atoms with Gasteiger partial charge in [-0.05, 0) is 25.1 Å². The summed E-state index contributed by atoms with van der Waals surface area (Å²) < 4.78 is 4.47. The van der Waals surface area contributed by atoms with Crippen molar-refractivity contribution in [2.75, 3.05) is 32.8 Å². The number of amides is 3. The van der Waals surface area contributed by atoms with E-state index in [0.29, 0.717) is 0 Å². The van der Waals surface area contributed by atoms with Crippen molar-refractivity contribution in [1.29, 1.82) is 0 Å². The number of thioether (sulfide) groups is 1. The second-order valence-electron chi connectivity index (χ2n) is 8.17. The summed E-state index contributed by atoms with van der Waals surface area (Å²) in [4.78, 5) is 53.0. The normalized spacial score (nSPS) is 27.0. The number of nitrogens with zero attached hydrogens (tertiary/aromatic N) is 3. The molecule has 3 atom stereocenters. The number of carboxylic acids is 1. The number of aliphatic carboxylic acids is 1. The molecule has 0 saturated carbocycles. The Labute approximate surface area is 187 Å². The second-order valence-corrected chi connectivity index (χ2v) is 9.88. The van der Waals surface area contributed by atoms with E-state index in [2.05, 4.69) is 0 Å². The van der Waals surface area contributed by atoms with Gasteiger partial charge in [0.05, 0.1) is 16.5 Å². The molecule has 0 aromatic heterocycles. The molecule has 3 saturated heterocycles. The van der Waals surface area contributed by atoms with Crippen molar-refractivity contribution in [3.8, 4) is 11.5 Å². The lowest BCUT2D eigenvalue weighted by Crippen LogP contribution is -2.58. The first-order valence-corrected chi connectivity index (χ1v) is 10.9. The minimum Gasteiger partial charge on any atom is -0.504 e. The van der Waals surface area contributed by atoms with Crippen LogP contribution in [0.4, 0.5) is 4.79 Å². The van der Waals surface area contributed by atoms with Gasteiger partial charge in [0.2, 0.25) is 5.91 Å². The van der Waals surface area contributed by atoms with Crippen LogP contribution in [-0.4, -0.2) is 103 Å². The van der Waals surface area contributed by atoms with Crippen LogP contribution in [0.1, 0.15) is 23.7 Å². The number of carbonyl (C=O) groups is 4. The van der Waals surface area contributed by atoms with Crippen molar-refractivity contribution in [1.82, 2.24) is 14.7 Å². The molecule has 3 aliphatic heterocycles. The number of hydrogen-bond acceptors (Lipinski definition) is 8. The molecule has 12 heteroatoms. The molecule has 172 valence electrons. The van der Waals surface area contributed by atoms with Crippen LogP contribution in [0.15, 0.2) is 18.2 Å². The van der Waals surface area contributed by atoms with Crippen molar-refractivity contribution in [2.45, 2.75) is 29.5 Å². The van der Waals surface area contributed by atoms with Crippen LogP contribution in [0, 0.1) is 0 Å². The summed E-state index contributed by atoms with van der Waals surface area (Å²) in [5.74, 6) is -2.38. The van der Waals surface area contributed by atoms with Crippen molar-refractivity contribution in [3.63, 3.8) is 0 Å². The quantitative estimate of drug-likeness (QED) is 0.427. The molecule has 1 aromatic rings. The molecule has 0 unspecified atom stereocenters. The van der Waals surface area contributed by atoms with Crippen molar-refractivity contribution in [2.24, 2.45) is 0 Å². The molecule has 0 radical (unpaired) electrons. The fourth-order valence-electron chi connectivity index (χ4n) is 4.20. The molecule has 3 fully saturated rings. The molecular weight excluding hydrogens is 442 g/mol. The van der Waals surface area contributed by atoms with Crippen LogP contribution in [0.2, 0.25) is 0 Å². The number of benzene rings is 1. The highest BCUT2D eigenvalue weighted by Crippen LogP contribution is 2.51. The molecular formula is C20H23N3O8S. The van der Waals surface area contributed by atoms with Gasteiger partial charge in [-0.1, -0.05) is 0 Å². The van der Waals surface area contributed by atoms with Gasteiger partial charge >= 0.3 is 12.1 Å². The van der Waals surface area contributed by atoms with Gasteiger partial charge in [-0.2, -0.15) is 0 Å².